The van der Waals surface area contributed by atoms with E-state index in [0.717, 1.165) is 18.5 Å². The topological polar surface area (TPSA) is 58.6 Å². The first-order valence-electron chi connectivity index (χ1n) is 8.19. The number of nitrogens with one attached hydrogen (secondary N) is 1. The van der Waals surface area contributed by atoms with Crippen LogP contribution in [-0.4, -0.2) is 18.4 Å². The Bertz CT molecular complexity index is 833. The van der Waals surface area contributed by atoms with Crippen molar-refractivity contribution < 1.29 is 14.3 Å². The predicted molar refractivity (Wildman–Crippen MR) is 89.9 cm³/mol. The summed E-state index contributed by atoms with van der Waals surface area (Å²) in [7, 11) is 0. The van der Waals surface area contributed by atoms with E-state index in [4.69, 9.17) is 4.74 Å². The number of carbonyl (C=O) groups is 2. The summed E-state index contributed by atoms with van der Waals surface area (Å²) in [4.78, 5) is 27.5. The zero-order valence-electron chi connectivity index (χ0n) is 13.4. The number of rotatable bonds is 3. The molecule has 1 spiro atoms. The van der Waals surface area contributed by atoms with Crippen LogP contribution in [0.5, 0.6) is 5.75 Å². The van der Waals surface area contributed by atoms with Crippen molar-refractivity contribution in [1.82, 2.24) is 5.32 Å². The van der Waals surface area contributed by atoms with Crippen LogP contribution in [-0.2, 0) is 10.5 Å². The number of unbranched alkanes of at least 4 members (excludes halogenated alkanes) is 1. The van der Waals surface area contributed by atoms with Crippen LogP contribution in [0.1, 0.15) is 35.7 Å². The lowest BCUT2D eigenvalue weighted by molar-refractivity contribution is -0.136. The predicted octanol–water partition coefficient (Wildman–Crippen LogP) is 2.81. The standard InChI is InChI=1S/C19H18N2O3/c1-2-3-12-21-15-10-6-5-9-14(15)19(18(21)23)20-17(22)13-8-4-7-11-16(13)24-19/h4-11H,2-3,12H2,1H3,(H,20,22)/t19-/m1/s1. The molecule has 0 saturated carbocycles. The minimum Gasteiger partial charge on any atom is -0.453 e. The number of hydrogen-bond donors (Lipinski definition) is 1. The molecule has 0 saturated heterocycles. The molecule has 0 fully saturated rings. The van der Waals surface area contributed by atoms with Gasteiger partial charge in [-0.1, -0.05) is 43.7 Å². The van der Waals surface area contributed by atoms with E-state index < -0.39 is 5.72 Å². The van der Waals surface area contributed by atoms with Crippen LogP contribution in [0.2, 0.25) is 0 Å². The molecule has 0 aliphatic carbocycles. The normalized spacial score (nSPS) is 21.3. The van der Waals surface area contributed by atoms with E-state index >= 15 is 0 Å². The molecule has 1 atom stereocenters. The summed E-state index contributed by atoms with van der Waals surface area (Å²) in [5.41, 5.74) is 0.473. The molecule has 0 unspecified atom stereocenters. The van der Waals surface area contributed by atoms with Crippen molar-refractivity contribution >= 4 is 17.5 Å². The minimum absolute atomic E-state index is 0.236. The Kier molecular flexibility index (Phi) is 3.30. The molecule has 5 heteroatoms. The Morgan fingerprint density at radius 3 is 2.67 bits per heavy atom. The molecule has 5 nitrogen and oxygen atoms in total. The molecule has 0 radical (unpaired) electrons. The van der Waals surface area contributed by atoms with Crippen LogP contribution < -0.4 is 15.0 Å². The Labute approximate surface area is 140 Å². The number of ether oxygens (including phenoxy) is 1. The third kappa shape index (κ3) is 1.94. The van der Waals surface area contributed by atoms with Crippen LogP contribution in [0.3, 0.4) is 0 Å². The maximum atomic E-state index is 13.2. The van der Waals surface area contributed by atoms with Crippen molar-refractivity contribution in [2.45, 2.75) is 25.5 Å². The highest BCUT2D eigenvalue weighted by Gasteiger charge is 2.56. The summed E-state index contributed by atoms with van der Waals surface area (Å²) in [5, 5.41) is 2.81. The van der Waals surface area contributed by atoms with E-state index in [1.165, 1.54) is 0 Å². The van der Waals surface area contributed by atoms with Gasteiger partial charge in [-0.15, -0.1) is 0 Å². The van der Waals surface area contributed by atoms with Gasteiger partial charge in [0.15, 0.2) is 0 Å². The van der Waals surface area contributed by atoms with E-state index in [9.17, 15) is 9.59 Å². The van der Waals surface area contributed by atoms with Gasteiger partial charge >= 0.3 is 0 Å². The first-order chi connectivity index (χ1) is 11.7. The zero-order valence-corrected chi connectivity index (χ0v) is 13.4. The van der Waals surface area contributed by atoms with Crippen molar-refractivity contribution in [3.8, 4) is 5.75 Å². The largest absolute Gasteiger partial charge is 0.453 e. The molecule has 24 heavy (non-hydrogen) atoms. The smallest absolute Gasteiger partial charge is 0.298 e. The second kappa shape index (κ2) is 5.37. The van der Waals surface area contributed by atoms with E-state index in [1.807, 2.05) is 24.3 Å². The van der Waals surface area contributed by atoms with E-state index in [2.05, 4.69) is 12.2 Å². The summed E-state index contributed by atoms with van der Waals surface area (Å²) in [6.07, 6.45) is 1.87. The SMILES string of the molecule is CCCCN1C(=O)[C@@]2(NC(=O)c3ccccc3O2)c2ccccc21. The van der Waals surface area contributed by atoms with Crippen LogP contribution in [0.15, 0.2) is 48.5 Å². The summed E-state index contributed by atoms with van der Waals surface area (Å²) in [6.45, 7) is 2.69. The Morgan fingerprint density at radius 1 is 1.08 bits per heavy atom. The molecular formula is C19H18N2O3. The zero-order chi connectivity index (χ0) is 16.7. The first-order valence-corrected chi connectivity index (χ1v) is 8.19. The van der Waals surface area contributed by atoms with Crippen molar-refractivity contribution in [3.63, 3.8) is 0 Å². The average molecular weight is 322 g/mol. The molecule has 2 aliphatic heterocycles. The highest BCUT2D eigenvalue weighted by atomic mass is 16.5. The molecule has 1 N–H and O–H groups in total. The van der Waals surface area contributed by atoms with Gasteiger partial charge in [-0.05, 0) is 24.6 Å². The number of hydrogen-bond acceptors (Lipinski definition) is 3. The fraction of sp³-hybridized carbons (Fsp3) is 0.263. The van der Waals surface area contributed by atoms with Gasteiger partial charge in [0.25, 0.3) is 17.5 Å². The maximum absolute atomic E-state index is 13.2. The molecule has 0 aromatic heterocycles. The lowest BCUT2D eigenvalue weighted by Crippen LogP contribution is -2.59. The van der Waals surface area contributed by atoms with Gasteiger partial charge < -0.3 is 15.0 Å². The number of anilines is 1. The fourth-order valence-corrected chi connectivity index (χ4v) is 3.34. The van der Waals surface area contributed by atoms with E-state index in [-0.39, 0.29) is 11.8 Å². The molecular weight excluding hydrogens is 304 g/mol. The molecule has 2 aliphatic rings. The van der Waals surface area contributed by atoms with Gasteiger partial charge in [-0.2, -0.15) is 0 Å². The Balaban J connectivity index is 1.84. The maximum Gasteiger partial charge on any atom is 0.298 e. The van der Waals surface area contributed by atoms with Crippen molar-refractivity contribution in [2.75, 3.05) is 11.4 Å². The quantitative estimate of drug-likeness (QED) is 0.945. The van der Waals surface area contributed by atoms with Crippen molar-refractivity contribution in [3.05, 3.63) is 59.7 Å². The lowest BCUT2D eigenvalue weighted by atomic mass is 10.0. The van der Waals surface area contributed by atoms with Crippen molar-refractivity contribution in [1.29, 1.82) is 0 Å². The molecule has 2 aromatic rings. The number of amides is 2. The van der Waals surface area contributed by atoms with Crippen LogP contribution in [0.4, 0.5) is 5.69 Å². The summed E-state index contributed by atoms with van der Waals surface area (Å²) in [5.74, 6) is -0.0981. The van der Waals surface area contributed by atoms with E-state index in [0.29, 0.717) is 23.4 Å². The number of carbonyl (C=O) groups excluding carboxylic acids is 2. The molecule has 2 amide bonds. The lowest BCUT2D eigenvalue weighted by Gasteiger charge is -2.34. The highest BCUT2D eigenvalue weighted by molar-refractivity contribution is 6.11. The summed E-state index contributed by atoms with van der Waals surface area (Å²) >= 11 is 0. The second-order valence-electron chi connectivity index (χ2n) is 6.06. The Morgan fingerprint density at radius 2 is 1.83 bits per heavy atom. The van der Waals surface area contributed by atoms with Gasteiger partial charge in [-0.3, -0.25) is 9.59 Å². The van der Waals surface area contributed by atoms with Crippen molar-refractivity contribution in [2.24, 2.45) is 0 Å². The van der Waals surface area contributed by atoms with Gasteiger partial charge in [0.2, 0.25) is 0 Å². The molecule has 2 heterocycles. The molecule has 0 bridgehead atoms. The highest BCUT2D eigenvalue weighted by Crippen LogP contribution is 2.44. The number of para-hydroxylation sites is 2. The first kappa shape index (κ1) is 14.8. The monoisotopic (exact) mass is 322 g/mol. The Hall–Kier alpha value is -2.82. The van der Waals surface area contributed by atoms with Gasteiger partial charge in [0.05, 0.1) is 16.8 Å². The molecule has 4 rings (SSSR count). The third-order valence-corrected chi connectivity index (χ3v) is 4.54. The second-order valence-corrected chi connectivity index (χ2v) is 6.06. The summed E-state index contributed by atoms with van der Waals surface area (Å²) < 4.78 is 6.08. The summed E-state index contributed by atoms with van der Waals surface area (Å²) in [6, 6.07) is 14.5. The number of nitrogens with zero attached hydrogens (tertiary/aromatic N) is 1. The fourth-order valence-electron chi connectivity index (χ4n) is 3.34. The van der Waals surface area contributed by atoms with Crippen LogP contribution in [0.25, 0.3) is 0 Å². The third-order valence-electron chi connectivity index (χ3n) is 4.54. The van der Waals surface area contributed by atoms with Gasteiger partial charge in [0.1, 0.15) is 5.75 Å². The van der Waals surface area contributed by atoms with Crippen LogP contribution in [0, 0.1) is 0 Å². The number of benzene rings is 2. The average Bonchev–Trinajstić information content (AvgIpc) is 2.82. The minimum atomic E-state index is -1.46. The van der Waals surface area contributed by atoms with Crippen LogP contribution >= 0.6 is 0 Å². The van der Waals surface area contributed by atoms with Gasteiger partial charge in [0, 0.05) is 6.54 Å². The molecule has 122 valence electrons. The molecule has 2 aromatic carbocycles. The number of fused-ring (bicyclic) bond motifs is 3. The van der Waals surface area contributed by atoms with Gasteiger partial charge in [-0.25, -0.2) is 0 Å². The van der Waals surface area contributed by atoms with E-state index in [1.54, 1.807) is 29.2 Å².